The van der Waals surface area contributed by atoms with Crippen molar-refractivity contribution in [1.29, 1.82) is 0 Å². The van der Waals surface area contributed by atoms with Crippen LogP contribution in [0, 0.1) is 0 Å². The largest absolute Gasteiger partial charge is 0.466 e. The summed E-state index contributed by atoms with van der Waals surface area (Å²) in [6, 6.07) is 16.1. The number of halogens is 1. The van der Waals surface area contributed by atoms with Crippen molar-refractivity contribution < 1.29 is 9.53 Å². The molecule has 25 heavy (non-hydrogen) atoms. The lowest BCUT2D eigenvalue weighted by Crippen LogP contribution is -2.06. The van der Waals surface area contributed by atoms with E-state index in [1.54, 1.807) is 11.8 Å². The molecule has 2 nitrogen and oxygen atoms in total. The Labute approximate surface area is 163 Å². The van der Waals surface area contributed by atoms with E-state index in [9.17, 15) is 4.79 Å². The third-order valence-corrected chi connectivity index (χ3v) is 5.43. The van der Waals surface area contributed by atoms with Gasteiger partial charge in [0.15, 0.2) is 0 Å². The predicted octanol–water partition coefficient (Wildman–Crippen LogP) is 6.47. The molecule has 2 rings (SSSR count). The summed E-state index contributed by atoms with van der Waals surface area (Å²) in [5.41, 5.74) is 3.23. The molecule has 0 N–H and O–H groups in total. The first-order valence-corrected chi connectivity index (χ1v) is 9.85. The lowest BCUT2D eigenvalue weighted by Gasteiger charge is -2.17. The van der Waals surface area contributed by atoms with E-state index < -0.39 is 0 Å². The van der Waals surface area contributed by atoms with Crippen LogP contribution in [-0.4, -0.2) is 16.8 Å². The van der Waals surface area contributed by atoms with Gasteiger partial charge in [0.2, 0.25) is 0 Å². The first kappa shape index (κ1) is 20.0. The van der Waals surface area contributed by atoms with Gasteiger partial charge in [-0.15, -0.1) is 11.8 Å². The highest BCUT2D eigenvalue weighted by Crippen LogP contribution is 2.36. The van der Waals surface area contributed by atoms with E-state index in [1.165, 1.54) is 0 Å². The monoisotopic (exact) mass is 392 g/mol. The molecular weight excluding hydrogens is 372 g/mol. The zero-order valence-corrected chi connectivity index (χ0v) is 16.7. The van der Waals surface area contributed by atoms with Gasteiger partial charge < -0.3 is 4.74 Å². The number of carbonyl (C=O) groups is 1. The number of carbonyl (C=O) groups excluding carboxylic acids is 1. The molecule has 0 aromatic heterocycles. The number of benzene rings is 2. The summed E-state index contributed by atoms with van der Waals surface area (Å²) in [7, 11) is 0. The Morgan fingerprint density at radius 2 is 1.88 bits per heavy atom. The zero-order chi connectivity index (χ0) is 18.2. The molecule has 2 aromatic rings. The van der Waals surface area contributed by atoms with Gasteiger partial charge in [0.25, 0.3) is 0 Å². The predicted molar refractivity (Wildman–Crippen MR) is 111 cm³/mol. The van der Waals surface area contributed by atoms with Crippen molar-refractivity contribution in [2.24, 2.45) is 0 Å². The molecule has 0 aliphatic heterocycles. The molecular formula is C20H21ClO2S2. The number of hydrogen-bond acceptors (Lipinski definition) is 4. The van der Waals surface area contributed by atoms with Crippen LogP contribution in [-0.2, 0) is 9.53 Å². The molecule has 0 amide bonds. The minimum absolute atomic E-state index is 0.141. The Morgan fingerprint density at radius 1 is 1.20 bits per heavy atom. The van der Waals surface area contributed by atoms with Crippen LogP contribution >= 0.6 is 35.6 Å². The fourth-order valence-corrected chi connectivity index (χ4v) is 4.07. The Kier molecular flexibility index (Phi) is 7.94. The van der Waals surface area contributed by atoms with E-state index in [0.717, 1.165) is 25.9 Å². The van der Waals surface area contributed by atoms with Crippen LogP contribution in [0.1, 0.15) is 37.5 Å². The van der Waals surface area contributed by atoms with Gasteiger partial charge in [-0.1, -0.05) is 66.3 Å². The van der Waals surface area contributed by atoms with Crippen LogP contribution in [0.2, 0.25) is 5.02 Å². The molecule has 0 saturated heterocycles. The quantitative estimate of drug-likeness (QED) is 0.398. The maximum Gasteiger partial charge on any atom is 0.305 e. The number of ether oxygens (including phenoxy) is 1. The number of thiocarbonyl (C=S) groups is 1. The van der Waals surface area contributed by atoms with Crippen molar-refractivity contribution in [1.82, 2.24) is 0 Å². The molecule has 1 atom stereocenters. The van der Waals surface area contributed by atoms with Gasteiger partial charge >= 0.3 is 5.97 Å². The maximum absolute atomic E-state index is 11.7. The molecule has 0 spiro atoms. The van der Waals surface area contributed by atoms with Gasteiger partial charge in [-0.25, -0.2) is 0 Å². The number of thioether (sulfide) groups is 1. The van der Waals surface area contributed by atoms with Crippen LogP contribution in [0.25, 0.3) is 11.1 Å². The molecule has 0 saturated carbocycles. The van der Waals surface area contributed by atoms with Crippen molar-refractivity contribution in [2.45, 2.75) is 31.9 Å². The van der Waals surface area contributed by atoms with Crippen molar-refractivity contribution in [3.05, 3.63) is 59.1 Å². The van der Waals surface area contributed by atoms with Crippen LogP contribution in [0.3, 0.4) is 0 Å². The van der Waals surface area contributed by atoms with Gasteiger partial charge in [-0.05, 0) is 37.5 Å². The lowest BCUT2D eigenvalue weighted by atomic mass is 10.0. The van der Waals surface area contributed by atoms with E-state index >= 15 is 0 Å². The summed E-state index contributed by atoms with van der Waals surface area (Å²) in [6.07, 6.45) is 1.09. The molecule has 132 valence electrons. The SMILES string of the molecule is CCOC(=O)CCC(SC(C)=S)c1ccc(-c2ccccc2Cl)cc1. The van der Waals surface area contributed by atoms with Crippen LogP contribution in [0.5, 0.6) is 0 Å². The lowest BCUT2D eigenvalue weighted by molar-refractivity contribution is -0.143. The molecule has 1 unspecified atom stereocenters. The second kappa shape index (κ2) is 9.95. The van der Waals surface area contributed by atoms with Crippen LogP contribution in [0.15, 0.2) is 48.5 Å². The molecule has 5 heteroatoms. The minimum atomic E-state index is -0.164. The summed E-state index contributed by atoms with van der Waals surface area (Å²) in [4.78, 5) is 11.7. The second-order valence-corrected chi connectivity index (χ2v) is 8.24. The molecule has 0 bridgehead atoms. The smallest absolute Gasteiger partial charge is 0.305 e. The van der Waals surface area contributed by atoms with Gasteiger partial charge in [-0.3, -0.25) is 4.79 Å². The van der Waals surface area contributed by atoms with Crippen molar-refractivity contribution in [3.8, 4) is 11.1 Å². The van der Waals surface area contributed by atoms with Crippen LogP contribution < -0.4 is 0 Å². The standard InChI is InChI=1S/C20H21ClO2S2/c1-3-23-20(22)13-12-19(25-14(2)24)16-10-8-15(9-11-16)17-6-4-5-7-18(17)21/h4-11,19H,3,12-13H2,1-2H3. The highest BCUT2D eigenvalue weighted by Gasteiger charge is 2.16. The van der Waals surface area contributed by atoms with Crippen molar-refractivity contribution >= 4 is 45.7 Å². The Balaban J connectivity index is 2.16. The first-order chi connectivity index (χ1) is 12.0. The molecule has 0 radical (unpaired) electrons. The van der Waals surface area contributed by atoms with E-state index in [2.05, 4.69) is 24.3 Å². The third-order valence-electron chi connectivity index (χ3n) is 3.69. The fourth-order valence-electron chi connectivity index (χ4n) is 2.55. The van der Waals surface area contributed by atoms with E-state index in [-0.39, 0.29) is 11.2 Å². The highest BCUT2D eigenvalue weighted by atomic mass is 35.5. The van der Waals surface area contributed by atoms with Gasteiger partial charge in [0.05, 0.1) is 6.61 Å². The first-order valence-electron chi connectivity index (χ1n) is 8.19. The summed E-state index contributed by atoms with van der Waals surface area (Å²) < 4.78 is 5.89. The number of esters is 1. The van der Waals surface area contributed by atoms with E-state index in [1.807, 2.05) is 38.1 Å². The average Bonchev–Trinajstić information content (AvgIpc) is 2.59. The summed E-state index contributed by atoms with van der Waals surface area (Å²) in [6.45, 7) is 4.14. The summed E-state index contributed by atoms with van der Waals surface area (Å²) >= 11 is 13.1. The fraction of sp³-hybridized carbons (Fsp3) is 0.300. The normalized spacial score (nSPS) is 11.8. The molecule has 0 aliphatic rings. The second-order valence-electron chi connectivity index (χ2n) is 5.54. The summed E-state index contributed by atoms with van der Waals surface area (Å²) in [5, 5.41) is 0.875. The average molecular weight is 393 g/mol. The van der Waals surface area contributed by atoms with Gasteiger partial charge in [-0.2, -0.15) is 0 Å². The molecule has 2 aromatic carbocycles. The van der Waals surface area contributed by atoms with Crippen molar-refractivity contribution in [2.75, 3.05) is 6.61 Å². The zero-order valence-electron chi connectivity index (χ0n) is 14.3. The minimum Gasteiger partial charge on any atom is -0.466 e. The number of rotatable bonds is 7. The van der Waals surface area contributed by atoms with E-state index in [4.69, 9.17) is 28.6 Å². The third kappa shape index (κ3) is 6.14. The Morgan fingerprint density at radius 3 is 2.48 bits per heavy atom. The van der Waals surface area contributed by atoms with Gasteiger partial charge in [0, 0.05) is 26.5 Å². The van der Waals surface area contributed by atoms with Gasteiger partial charge in [0.1, 0.15) is 0 Å². The topological polar surface area (TPSA) is 26.3 Å². The highest BCUT2D eigenvalue weighted by molar-refractivity contribution is 8.23. The maximum atomic E-state index is 11.7. The van der Waals surface area contributed by atoms with E-state index in [0.29, 0.717) is 19.4 Å². The van der Waals surface area contributed by atoms with Crippen molar-refractivity contribution in [3.63, 3.8) is 0 Å². The molecule has 0 heterocycles. The summed E-state index contributed by atoms with van der Waals surface area (Å²) in [5.74, 6) is -0.164. The Bertz CT molecular complexity index is 729. The van der Waals surface area contributed by atoms with Crippen LogP contribution in [0.4, 0.5) is 0 Å². The Hall–Kier alpha value is -1.36. The molecule has 0 fully saturated rings. The number of hydrogen-bond donors (Lipinski definition) is 0. The molecule has 0 aliphatic carbocycles.